The van der Waals surface area contributed by atoms with Crippen LogP contribution in [0, 0.1) is 25.5 Å². The van der Waals surface area contributed by atoms with Gasteiger partial charge in [-0.15, -0.1) is 0 Å². The molecule has 6 nitrogen and oxygen atoms in total. The van der Waals surface area contributed by atoms with Gasteiger partial charge in [-0.1, -0.05) is 11.2 Å². The Morgan fingerprint density at radius 1 is 1.12 bits per heavy atom. The van der Waals surface area contributed by atoms with Crippen molar-refractivity contribution in [2.24, 2.45) is 5.14 Å². The average molecular weight is 365 g/mol. The maximum Gasteiger partial charge on any atom is 0.243 e. The Morgan fingerprint density at radius 3 is 2.32 bits per heavy atom. The third-order valence-corrected chi connectivity index (χ3v) is 4.52. The summed E-state index contributed by atoms with van der Waals surface area (Å²) >= 11 is 0. The van der Waals surface area contributed by atoms with Gasteiger partial charge in [0, 0.05) is 5.69 Å². The van der Waals surface area contributed by atoms with Gasteiger partial charge in [-0.25, -0.2) is 22.3 Å². The number of nitrogens with two attached hydrogens (primary N) is 1. The molecule has 0 unspecified atom stereocenters. The molecule has 0 amide bonds. The molecular formula is C16H13F2N3O3S. The molecule has 0 atom stereocenters. The van der Waals surface area contributed by atoms with E-state index in [0.717, 1.165) is 17.8 Å². The van der Waals surface area contributed by atoms with Gasteiger partial charge < -0.3 is 4.52 Å². The van der Waals surface area contributed by atoms with E-state index < -0.39 is 26.6 Å². The lowest BCUT2D eigenvalue weighted by molar-refractivity contribution is 0.400. The number of halogens is 2. The zero-order valence-electron chi connectivity index (χ0n) is 13.2. The molecule has 3 aromatic rings. The second-order valence-electron chi connectivity index (χ2n) is 5.44. The summed E-state index contributed by atoms with van der Waals surface area (Å²) in [4.78, 5) is 3.14. The number of rotatable bonds is 3. The molecule has 0 fully saturated rings. The molecule has 0 radical (unpaired) electrons. The van der Waals surface area contributed by atoms with E-state index >= 15 is 0 Å². The summed E-state index contributed by atoms with van der Waals surface area (Å²) in [5.41, 5.74) is 1.87. The van der Waals surface area contributed by atoms with Crippen LogP contribution in [0.1, 0.15) is 11.5 Å². The molecule has 2 aromatic heterocycles. The summed E-state index contributed by atoms with van der Waals surface area (Å²) < 4.78 is 56.1. The lowest BCUT2D eigenvalue weighted by atomic mass is 10.0. The van der Waals surface area contributed by atoms with Crippen molar-refractivity contribution in [3.8, 4) is 22.5 Å². The number of hydrogen-bond acceptors (Lipinski definition) is 5. The molecule has 1 aromatic carbocycles. The SMILES string of the molecule is Cc1cccc(-c2noc(C)c2-c2cc(F)c(S(N)(=O)=O)c(F)c2)n1. The Kier molecular flexibility index (Phi) is 4.13. The standard InChI is InChI=1S/C16H13F2N3O3S/c1-8-4-3-5-13(20-8)15-14(9(2)24-21-15)10-6-11(17)16(12(18)7-10)25(19,22)23/h3-7H,1-2H3,(H2,19,22,23). The minimum absolute atomic E-state index is 0.0689. The van der Waals surface area contributed by atoms with Gasteiger partial charge in [-0.3, -0.25) is 4.98 Å². The van der Waals surface area contributed by atoms with Gasteiger partial charge in [0.15, 0.2) is 4.90 Å². The number of primary sulfonamides is 1. The number of hydrogen-bond donors (Lipinski definition) is 1. The third kappa shape index (κ3) is 3.15. The van der Waals surface area contributed by atoms with E-state index in [1.807, 2.05) is 0 Å². The number of aromatic nitrogens is 2. The van der Waals surface area contributed by atoms with Gasteiger partial charge >= 0.3 is 0 Å². The van der Waals surface area contributed by atoms with Gasteiger partial charge in [0.1, 0.15) is 23.1 Å². The highest BCUT2D eigenvalue weighted by atomic mass is 32.2. The normalized spacial score (nSPS) is 11.7. The Labute approximate surface area is 142 Å². The van der Waals surface area contributed by atoms with E-state index in [0.29, 0.717) is 22.7 Å². The van der Waals surface area contributed by atoms with Crippen molar-refractivity contribution in [3.05, 3.63) is 53.4 Å². The van der Waals surface area contributed by atoms with Crippen LogP contribution in [0.25, 0.3) is 22.5 Å². The molecule has 0 spiro atoms. The molecule has 2 heterocycles. The van der Waals surface area contributed by atoms with Crippen molar-refractivity contribution < 1.29 is 21.7 Å². The summed E-state index contributed by atoms with van der Waals surface area (Å²) in [6, 6.07) is 6.98. The number of benzene rings is 1. The van der Waals surface area contributed by atoms with Crippen molar-refractivity contribution in [1.82, 2.24) is 10.1 Å². The van der Waals surface area contributed by atoms with Crippen LogP contribution in [0.3, 0.4) is 0 Å². The van der Waals surface area contributed by atoms with Crippen molar-refractivity contribution in [2.45, 2.75) is 18.7 Å². The van der Waals surface area contributed by atoms with Crippen LogP contribution in [0.5, 0.6) is 0 Å². The molecule has 3 rings (SSSR count). The smallest absolute Gasteiger partial charge is 0.243 e. The van der Waals surface area contributed by atoms with E-state index in [-0.39, 0.29) is 5.56 Å². The van der Waals surface area contributed by atoms with Crippen molar-refractivity contribution in [3.63, 3.8) is 0 Å². The van der Waals surface area contributed by atoms with Gasteiger partial charge in [-0.2, -0.15) is 0 Å². The Morgan fingerprint density at radius 2 is 1.76 bits per heavy atom. The van der Waals surface area contributed by atoms with Crippen LogP contribution in [-0.2, 0) is 10.0 Å². The van der Waals surface area contributed by atoms with Crippen molar-refractivity contribution in [1.29, 1.82) is 0 Å². The van der Waals surface area contributed by atoms with Crippen LogP contribution in [0.4, 0.5) is 8.78 Å². The predicted octanol–water partition coefficient (Wildman–Crippen LogP) is 2.95. The van der Waals surface area contributed by atoms with Gasteiger partial charge in [-0.05, 0) is 43.7 Å². The molecule has 2 N–H and O–H groups in total. The van der Waals surface area contributed by atoms with Crippen LogP contribution in [0.2, 0.25) is 0 Å². The first kappa shape index (κ1) is 17.2. The summed E-state index contributed by atoms with van der Waals surface area (Å²) in [7, 11) is -4.53. The lowest BCUT2D eigenvalue weighted by Gasteiger charge is -2.07. The number of pyridine rings is 1. The predicted molar refractivity (Wildman–Crippen MR) is 85.9 cm³/mol. The minimum atomic E-state index is -4.53. The van der Waals surface area contributed by atoms with Gasteiger partial charge in [0.25, 0.3) is 0 Å². The number of sulfonamides is 1. The van der Waals surface area contributed by atoms with Crippen molar-refractivity contribution in [2.75, 3.05) is 0 Å². The van der Waals surface area contributed by atoms with E-state index in [9.17, 15) is 17.2 Å². The Hall–Kier alpha value is -2.65. The molecule has 0 aliphatic heterocycles. The molecule has 0 bridgehead atoms. The zero-order valence-corrected chi connectivity index (χ0v) is 14.1. The fourth-order valence-electron chi connectivity index (χ4n) is 2.54. The fraction of sp³-hybridized carbons (Fsp3) is 0.125. The molecule has 9 heteroatoms. The summed E-state index contributed by atoms with van der Waals surface area (Å²) in [5.74, 6) is -2.28. The molecule has 25 heavy (non-hydrogen) atoms. The quantitative estimate of drug-likeness (QED) is 0.769. The first-order valence-corrected chi connectivity index (χ1v) is 8.65. The van der Waals surface area contributed by atoms with Crippen molar-refractivity contribution >= 4 is 10.0 Å². The minimum Gasteiger partial charge on any atom is -0.360 e. The topological polar surface area (TPSA) is 99.1 Å². The molecular weight excluding hydrogens is 352 g/mol. The average Bonchev–Trinajstić information content (AvgIpc) is 2.86. The number of aryl methyl sites for hydroxylation is 2. The van der Waals surface area contributed by atoms with E-state index in [2.05, 4.69) is 10.1 Å². The van der Waals surface area contributed by atoms with Crippen LogP contribution in [-0.4, -0.2) is 18.6 Å². The highest BCUT2D eigenvalue weighted by Gasteiger charge is 2.25. The van der Waals surface area contributed by atoms with Crippen LogP contribution >= 0.6 is 0 Å². The van der Waals surface area contributed by atoms with Gasteiger partial charge in [0.2, 0.25) is 10.0 Å². The highest BCUT2D eigenvalue weighted by Crippen LogP contribution is 2.35. The lowest BCUT2D eigenvalue weighted by Crippen LogP contribution is -2.16. The van der Waals surface area contributed by atoms with Crippen LogP contribution in [0.15, 0.2) is 39.8 Å². The Bertz CT molecular complexity index is 1050. The second-order valence-corrected chi connectivity index (χ2v) is 6.94. The molecule has 130 valence electrons. The molecule has 0 saturated heterocycles. The molecule has 0 aliphatic rings. The van der Waals surface area contributed by atoms with E-state index in [1.165, 1.54) is 0 Å². The summed E-state index contributed by atoms with van der Waals surface area (Å²) in [6.07, 6.45) is 0. The first-order chi connectivity index (χ1) is 11.7. The summed E-state index contributed by atoms with van der Waals surface area (Å²) in [5, 5.41) is 8.75. The highest BCUT2D eigenvalue weighted by molar-refractivity contribution is 7.89. The second kappa shape index (κ2) is 6.01. The van der Waals surface area contributed by atoms with Crippen LogP contribution < -0.4 is 5.14 Å². The largest absolute Gasteiger partial charge is 0.360 e. The summed E-state index contributed by atoms with van der Waals surface area (Å²) in [6.45, 7) is 3.36. The van der Waals surface area contributed by atoms with E-state index in [4.69, 9.17) is 9.66 Å². The fourth-order valence-corrected chi connectivity index (χ4v) is 3.20. The first-order valence-electron chi connectivity index (χ1n) is 7.11. The zero-order chi connectivity index (χ0) is 18.4. The molecule has 0 saturated carbocycles. The van der Waals surface area contributed by atoms with Gasteiger partial charge in [0.05, 0.1) is 11.3 Å². The molecule has 0 aliphatic carbocycles. The number of nitrogens with zero attached hydrogens (tertiary/aromatic N) is 2. The maximum absolute atomic E-state index is 14.2. The Balaban J connectivity index is 2.24. The monoisotopic (exact) mass is 365 g/mol. The third-order valence-electron chi connectivity index (χ3n) is 3.57. The van der Waals surface area contributed by atoms with E-state index in [1.54, 1.807) is 32.0 Å². The maximum atomic E-state index is 14.2.